The Bertz CT molecular complexity index is 703. The predicted octanol–water partition coefficient (Wildman–Crippen LogP) is 3.92. The summed E-state index contributed by atoms with van der Waals surface area (Å²) < 4.78 is 0. The Morgan fingerprint density at radius 1 is 0.667 bits per heavy atom. The van der Waals surface area contributed by atoms with E-state index in [1.54, 1.807) is 18.2 Å². The molecule has 3 rings (SSSR count). The van der Waals surface area contributed by atoms with Crippen LogP contribution in [0.4, 0.5) is 0 Å². The summed E-state index contributed by atoms with van der Waals surface area (Å²) in [5.41, 5.74) is 1.66. The molecule has 18 heavy (non-hydrogen) atoms. The first kappa shape index (κ1) is 10.7. The highest BCUT2D eigenvalue weighted by molar-refractivity contribution is 5.94. The summed E-state index contributed by atoms with van der Waals surface area (Å²) in [5.74, 6) is 0.448. The fourth-order valence-electron chi connectivity index (χ4n) is 2.15. The number of phenolic OH excluding ortho intramolecular Hbond substituents is 2. The molecule has 3 aromatic rings. The molecule has 0 radical (unpaired) electrons. The van der Waals surface area contributed by atoms with Crippen LogP contribution in [0.1, 0.15) is 0 Å². The van der Waals surface area contributed by atoms with Gasteiger partial charge in [-0.2, -0.15) is 0 Å². The molecule has 0 aliphatic carbocycles. The maximum Gasteiger partial charge on any atom is 0.124 e. The second-order valence-corrected chi connectivity index (χ2v) is 4.23. The van der Waals surface area contributed by atoms with Gasteiger partial charge in [-0.05, 0) is 29.1 Å². The molecule has 0 bridgehead atoms. The van der Waals surface area contributed by atoms with Crippen LogP contribution in [0.15, 0.2) is 60.7 Å². The molecule has 0 atom stereocenters. The third-order valence-electron chi connectivity index (χ3n) is 3.06. The maximum atomic E-state index is 10.1. The zero-order valence-corrected chi connectivity index (χ0v) is 9.67. The van der Waals surface area contributed by atoms with Gasteiger partial charge in [0.05, 0.1) is 0 Å². The smallest absolute Gasteiger partial charge is 0.124 e. The van der Waals surface area contributed by atoms with E-state index in [-0.39, 0.29) is 11.5 Å². The summed E-state index contributed by atoms with van der Waals surface area (Å²) in [6, 6.07) is 18.4. The van der Waals surface area contributed by atoms with Crippen molar-refractivity contribution in [1.29, 1.82) is 0 Å². The van der Waals surface area contributed by atoms with Crippen LogP contribution in [0.3, 0.4) is 0 Å². The largest absolute Gasteiger partial charge is 0.507 e. The fourth-order valence-corrected chi connectivity index (χ4v) is 2.15. The maximum absolute atomic E-state index is 10.1. The van der Waals surface area contributed by atoms with Crippen molar-refractivity contribution in [3.8, 4) is 22.6 Å². The van der Waals surface area contributed by atoms with E-state index in [9.17, 15) is 10.2 Å². The van der Waals surface area contributed by atoms with Gasteiger partial charge in [0.25, 0.3) is 0 Å². The number of fused-ring (bicyclic) bond motifs is 1. The van der Waals surface area contributed by atoms with Crippen LogP contribution >= 0.6 is 0 Å². The number of rotatable bonds is 1. The average molecular weight is 236 g/mol. The molecule has 0 saturated heterocycles. The van der Waals surface area contributed by atoms with Gasteiger partial charge in [0.15, 0.2) is 0 Å². The Morgan fingerprint density at radius 3 is 2.22 bits per heavy atom. The summed E-state index contributed by atoms with van der Waals surface area (Å²) in [6.07, 6.45) is 0. The third kappa shape index (κ3) is 1.68. The first-order valence-electron chi connectivity index (χ1n) is 5.76. The number of hydrogen-bond donors (Lipinski definition) is 2. The Hall–Kier alpha value is -2.48. The Labute approximate surface area is 105 Å². The standard InChI is InChI=1S/C16H12O2/c17-15-8-4-7-12-9-16(18)13(10-14(12)15)11-5-2-1-3-6-11/h1-10,17-18H. The number of aromatic hydroxyl groups is 2. The van der Waals surface area contributed by atoms with Crippen molar-refractivity contribution in [2.24, 2.45) is 0 Å². The highest BCUT2D eigenvalue weighted by Gasteiger charge is 2.08. The van der Waals surface area contributed by atoms with E-state index >= 15 is 0 Å². The van der Waals surface area contributed by atoms with Gasteiger partial charge in [-0.15, -0.1) is 0 Å². The van der Waals surface area contributed by atoms with E-state index in [1.165, 1.54) is 0 Å². The van der Waals surface area contributed by atoms with Crippen molar-refractivity contribution >= 4 is 10.8 Å². The average Bonchev–Trinajstić information content (AvgIpc) is 2.39. The SMILES string of the molecule is Oc1cc2cccc(O)c2cc1-c1ccccc1. The Morgan fingerprint density at radius 2 is 1.44 bits per heavy atom. The molecule has 2 N–H and O–H groups in total. The third-order valence-corrected chi connectivity index (χ3v) is 3.06. The van der Waals surface area contributed by atoms with Crippen molar-refractivity contribution in [3.63, 3.8) is 0 Å². The van der Waals surface area contributed by atoms with Crippen molar-refractivity contribution in [1.82, 2.24) is 0 Å². The lowest BCUT2D eigenvalue weighted by atomic mass is 10.00. The summed E-state index contributed by atoms with van der Waals surface area (Å²) in [4.78, 5) is 0. The minimum Gasteiger partial charge on any atom is -0.507 e. The molecular formula is C16H12O2. The predicted molar refractivity (Wildman–Crippen MR) is 72.7 cm³/mol. The van der Waals surface area contributed by atoms with Crippen LogP contribution < -0.4 is 0 Å². The van der Waals surface area contributed by atoms with Crippen LogP contribution in [0.5, 0.6) is 11.5 Å². The minimum atomic E-state index is 0.222. The van der Waals surface area contributed by atoms with Crippen molar-refractivity contribution in [2.75, 3.05) is 0 Å². The van der Waals surface area contributed by atoms with Crippen LogP contribution in [0, 0.1) is 0 Å². The normalized spacial score (nSPS) is 10.7. The van der Waals surface area contributed by atoms with Crippen LogP contribution in [-0.4, -0.2) is 10.2 Å². The second kappa shape index (κ2) is 4.08. The first-order valence-corrected chi connectivity index (χ1v) is 5.76. The molecule has 0 heterocycles. The van der Waals surface area contributed by atoms with Gasteiger partial charge < -0.3 is 10.2 Å². The van der Waals surface area contributed by atoms with Gasteiger partial charge in [-0.3, -0.25) is 0 Å². The van der Waals surface area contributed by atoms with E-state index in [0.717, 1.165) is 21.9 Å². The molecule has 88 valence electrons. The summed E-state index contributed by atoms with van der Waals surface area (Å²) in [5, 5.41) is 21.5. The highest BCUT2D eigenvalue weighted by atomic mass is 16.3. The van der Waals surface area contributed by atoms with E-state index in [1.807, 2.05) is 42.5 Å². The quantitative estimate of drug-likeness (QED) is 0.672. The molecule has 0 fully saturated rings. The molecule has 0 aliphatic rings. The topological polar surface area (TPSA) is 40.5 Å². The lowest BCUT2D eigenvalue weighted by molar-refractivity contribution is 0.477. The molecule has 0 aliphatic heterocycles. The second-order valence-electron chi connectivity index (χ2n) is 4.23. The molecule has 0 aromatic heterocycles. The van der Waals surface area contributed by atoms with E-state index in [2.05, 4.69) is 0 Å². The summed E-state index contributed by atoms with van der Waals surface area (Å²) in [7, 11) is 0. The van der Waals surface area contributed by atoms with Gasteiger partial charge in [-0.1, -0.05) is 42.5 Å². The molecule has 0 unspecified atom stereocenters. The van der Waals surface area contributed by atoms with Gasteiger partial charge in [0, 0.05) is 10.9 Å². The molecule has 2 nitrogen and oxygen atoms in total. The van der Waals surface area contributed by atoms with Gasteiger partial charge in [-0.25, -0.2) is 0 Å². The monoisotopic (exact) mass is 236 g/mol. The summed E-state index contributed by atoms with van der Waals surface area (Å²) >= 11 is 0. The lowest BCUT2D eigenvalue weighted by Gasteiger charge is -2.08. The molecule has 0 spiro atoms. The molecule has 0 amide bonds. The zero-order valence-electron chi connectivity index (χ0n) is 9.67. The Balaban J connectivity index is 2.31. The number of benzene rings is 3. The van der Waals surface area contributed by atoms with Crippen LogP contribution in [-0.2, 0) is 0 Å². The molecule has 2 heteroatoms. The van der Waals surface area contributed by atoms with Crippen LogP contribution in [0.2, 0.25) is 0 Å². The Kier molecular flexibility index (Phi) is 2.41. The number of hydrogen-bond acceptors (Lipinski definition) is 2. The molecule has 3 aromatic carbocycles. The van der Waals surface area contributed by atoms with Gasteiger partial charge in [0.2, 0.25) is 0 Å². The summed E-state index contributed by atoms with van der Waals surface area (Å²) in [6.45, 7) is 0. The van der Waals surface area contributed by atoms with E-state index in [0.29, 0.717) is 0 Å². The lowest BCUT2D eigenvalue weighted by Crippen LogP contribution is -1.81. The molecular weight excluding hydrogens is 224 g/mol. The minimum absolute atomic E-state index is 0.222. The van der Waals surface area contributed by atoms with Gasteiger partial charge >= 0.3 is 0 Å². The number of phenols is 2. The first-order chi connectivity index (χ1) is 8.75. The van der Waals surface area contributed by atoms with Crippen LogP contribution in [0.25, 0.3) is 21.9 Å². The highest BCUT2D eigenvalue weighted by Crippen LogP contribution is 2.36. The van der Waals surface area contributed by atoms with E-state index < -0.39 is 0 Å². The van der Waals surface area contributed by atoms with Crippen molar-refractivity contribution in [3.05, 3.63) is 60.7 Å². The fraction of sp³-hybridized carbons (Fsp3) is 0. The van der Waals surface area contributed by atoms with E-state index in [4.69, 9.17) is 0 Å². The zero-order chi connectivity index (χ0) is 12.5. The van der Waals surface area contributed by atoms with Crippen molar-refractivity contribution < 1.29 is 10.2 Å². The molecule has 0 saturated carbocycles. The van der Waals surface area contributed by atoms with Crippen molar-refractivity contribution in [2.45, 2.75) is 0 Å². The van der Waals surface area contributed by atoms with Gasteiger partial charge in [0.1, 0.15) is 11.5 Å².